The van der Waals surface area contributed by atoms with Gasteiger partial charge in [0.1, 0.15) is 0 Å². The molecule has 1 fully saturated rings. The number of rotatable bonds is 6. The summed E-state index contributed by atoms with van der Waals surface area (Å²) in [7, 11) is 3.62. The van der Waals surface area contributed by atoms with Gasteiger partial charge in [0.05, 0.1) is 5.41 Å². The fourth-order valence-corrected chi connectivity index (χ4v) is 4.37. The quantitative estimate of drug-likeness (QED) is 0.737. The Hall–Kier alpha value is -2.62. The summed E-state index contributed by atoms with van der Waals surface area (Å²) in [6.07, 6.45) is 1.88. The van der Waals surface area contributed by atoms with E-state index in [1.54, 1.807) is 4.90 Å². The molecular formula is C25H32N2O2. The lowest BCUT2D eigenvalue weighted by Gasteiger charge is -2.32. The van der Waals surface area contributed by atoms with Crippen LogP contribution in [0.3, 0.4) is 0 Å². The first-order valence-electron chi connectivity index (χ1n) is 10.5. The van der Waals surface area contributed by atoms with Crippen molar-refractivity contribution in [1.29, 1.82) is 0 Å². The Kier molecular flexibility index (Phi) is 6.41. The maximum atomic E-state index is 13.3. The van der Waals surface area contributed by atoms with Crippen LogP contribution in [0, 0.1) is 11.3 Å². The van der Waals surface area contributed by atoms with Gasteiger partial charge in [-0.25, -0.2) is 0 Å². The molecule has 3 rings (SSSR count). The molecule has 0 unspecified atom stereocenters. The average molecular weight is 393 g/mol. The van der Waals surface area contributed by atoms with Gasteiger partial charge in [0, 0.05) is 33.6 Å². The summed E-state index contributed by atoms with van der Waals surface area (Å²) in [5.41, 5.74) is 2.90. The molecule has 0 radical (unpaired) electrons. The highest BCUT2D eigenvalue weighted by molar-refractivity contribution is 5.86. The van der Waals surface area contributed by atoms with Gasteiger partial charge in [0.2, 0.25) is 11.8 Å². The van der Waals surface area contributed by atoms with E-state index in [-0.39, 0.29) is 11.8 Å². The van der Waals surface area contributed by atoms with Crippen LogP contribution in [0.1, 0.15) is 32.3 Å². The monoisotopic (exact) mass is 392 g/mol. The second-order valence-electron chi connectivity index (χ2n) is 8.84. The van der Waals surface area contributed by atoms with E-state index >= 15 is 0 Å². The molecule has 4 nitrogen and oxygen atoms in total. The van der Waals surface area contributed by atoms with Crippen LogP contribution in [-0.4, -0.2) is 48.8 Å². The maximum absolute atomic E-state index is 13.3. The normalized spacial score (nSPS) is 18.9. The Balaban J connectivity index is 1.93. The molecule has 4 heteroatoms. The Labute approximate surface area is 174 Å². The number of carbonyl (C=O) groups is 2. The van der Waals surface area contributed by atoms with E-state index in [0.717, 1.165) is 16.7 Å². The molecule has 0 saturated carbocycles. The zero-order chi connectivity index (χ0) is 21.0. The lowest BCUT2D eigenvalue weighted by atomic mass is 9.77. The van der Waals surface area contributed by atoms with Crippen LogP contribution in [0.4, 0.5) is 0 Å². The molecule has 0 N–H and O–H groups in total. The van der Waals surface area contributed by atoms with Gasteiger partial charge < -0.3 is 9.80 Å². The minimum Gasteiger partial charge on any atom is -0.348 e. The van der Waals surface area contributed by atoms with Crippen molar-refractivity contribution in [2.45, 2.75) is 33.1 Å². The first-order valence-corrected chi connectivity index (χ1v) is 10.5. The molecule has 2 aromatic carbocycles. The van der Waals surface area contributed by atoms with Crippen molar-refractivity contribution in [3.05, 3.63) is 60.2 Å². The van der Waals surface area contributed by atoms with Gasteiger partial charge in [-0.3, -0.25) is 9.59 Å². The topological polar surface area (TPSA) is 40.6 Å². The molecule has 2 aromatic rings. The Morgan fingerprint density at radius 1 is 1.03 bits per heavy atom. The first kappa shape index (κ1) is 21.1. The van der Waals surface area contributed by atoms with E-state index in [1.165, 1.54) is 0 Å². The number of hydrogen-bond acceptors (Lipinski definition) is 2. The third kappa shape index (κ3) is 4.69. The summed E-state index contributed by atoms with van der Waals surface area (Å²) in [5, 5.41) is 0. The first-order chi connectivity index (χ1) is 13.8. The van der Waals surface area contributed by atoms with Crippen molar-refractivity contribution in [3.8, 4) is 11.1 Å². The highest BCUT2D eigenvalue weighted by Gasteiger charge is 2.46. The SMILES string of the molecule is CC(C)CC(=O)N1CC[C@](Cc2ccccc2-c2ccccc2)(C(=O)N(C)C)C1. The van der Waals surface area contributed by atoms with E-state index in [1.807, 2.05) is 49.3 Å². The summed E-state index contributed by atoms with van der Waals surface area (Å²) in [6, 6.07) is 18.6. The van der Waals surface area contributed by atoms with Gasteiger partial charge in [0.15, 0.2) is 0 Å². The molecule has 2 amide bonds. The highest BCUT2D eigenvalue weighted by atomic mass is 16.2. The van der Waals surface area contributed by atoms with Crippen molar-refractivity contribution in [2.24, 2.45) is 11.3 Å². The van der Waals surface area contributed by atoms with Gasteiger partial charge in [0.25, 0.3) is 0 Å². The van der Waals surface area contributed by atoms with Crippen LogP contribution in [0.15, 0.2) is 54.6 Å². The molecule has 1 atom stereocenters. The van der Waals surface area contributed by atoms with E-state index in [2.05, 4.69) is 38.1 Å². The fraction of sp³-hybridized carbons (Fsp3) is 0.440. The highest BCUT2D eigenvalue weighted by Crippen LogP contribution is 2.39. The molecule has 29 heavy (non-hydrogen) atoms. The third-order valence-corrected chi connectivity index (χ3v) is 5.78. The lowest BCUT2D eigenvalue weighted by Crippen LogP contribution is -2.44. The van der Waals surface area contributed by atoms with Gasteiger partial charge in [-0.2, -0.15) is 0 Å². The summed E-state index contributed by atoms with van der Waals surface area (Å²) in [4.78, 5) is 29.6. The number of benzene rings is 2. The van der Waals surface area contributed by atoms with Gasteiger partial charge in [-0.15, -0.1) is 0 Å². The number of hydrogen-bond donors (Lipinski definition) is 0. The Morgan fingerprint density at radius 2 is 1.69 bits per heavy atom. The maximum Gasteiger partial charge on any atom is 0.230 e. The minimum atomic E-state index is -0.568. The number of likely N-dealkylation sites (tertiary alicyclic amines) is 1. The van der Waals surface area contributed by atoms with Gasteiger partial charge in [-0.05, 0) is 35.4 Å². The molecule has 0 bridgehead atoms. The van der Waals surface area contributed by atoms with Crippen LogP contribution in [0.2, 0.25) is 0 Å². The van der Waals surface area contributed by atoms with Crippen LogP contribution < -0.4 is 0 Å². The Bertz CT molecular complexity index is 860. The Morgan fingerprint density at radius 3 is 2.34 bits per heavy atom. The van der Waals surface area contributed by atoms with Crippen molar-refractivity contribution in [3.63, 3.8) is 0 Å². The molecule has 1 aliphatic heterocycles. The zero-order valence-corrected chi connectivity index (χ0v) is 18.0. The van der Waals surface area contributed by atoms with Crippen LogP contribution in [-0.2, 0) is 16.0 Å². The van der Waals surface area contributed by atoms with Crippen molar-refractivity contribution < 1.29 is 9.59 Å². The molecule has 1 saturated heterocycles. The molecule has 1 heterocycles. The second-order valence-corrected chi connectivity index (χ2v) is 8.84. The summed E-state index contributed by atoms with van der Waals surface area (Å²) < 4.78 is 0. The van der Waals surface area contributed by atoms with Crippen molar-refractivity contribution >= 4 is 11.8 Å². The predicted molar refractivity (Wildman–Crippen MR) is 117 cm³/mol. The van der Waals surface area contributed by atoms with Crippen molar-refractivity contribution in [2.75, 3.05) is 27.2 Å². The third-order valence-electron chi connectivity index (χ3n) is 5.78. The van der Waals surface area contributed by atoms with E-state index in [4.69, 9.17) is 0 Å². The molecule has 0 aliphatic carbocycles. The molecule has 154 valence electrons. The predicted octanol–water partition coefficient (Wildman–Crippen LogP) is 4.25. The fourth-order valence-electron chi connectivity index (χ4n) is 4.37. The number of nitrogens with zero attached hydrogens (tertiary/aromatic N) is 2. The summed E-state index contributed by atoms with van der Waals surface area (Å²) >= 11 is 0. The van der Waals surface area contributed by atoms with Crippen LogP contribution in [0.25, 0.3) is 11.1 Å². The summed E-state index contributed by atoms with van der Waals surface area (Å²) in [6.45, 7) is 5.27. The van der Waals surface area contributed by atoms with E-state index in [9.17, 15) is 9.59 Å². The van der Waals surface area contributed by atoms with E-state index in [0.29, 0.717) is 38.3 Å². The van der Waals surface area contributed by atoms with Gasteiger partial charge >= 0.3 is 0 Å². The number of amides is 2. The molecule has 1 aliphatic rings. The molecule has 0 aromatic heterocycles. The summed E-state index contributed by atoms with van der Waals surface area (Å²) in [5.74, 6) is 0.589. The van der Waals surface area contributed by atoms with Gasteiger partial charge in [-0.1, -0.05) is 68.4 Å². The molecule has 0 spiro atoms. The smallest absolute Gasteiger partial charge is 0.230 e. The van der Waals surface area contributed by atoms with Crippen LogP contribution >= 0.6 is 0 Å². The van der Waals surface area contributed by atoms with Crippen molar-refractivity contribution in [1.82, 2.24) is 9.80 Å². The minimum absolute atomic E-state index is 0.111. The average Bonchev–Trinajstić information content (AvgIpc) is 3.13. The lowest BCUT2D eigenvalue weighted by molar-refractivity contribution is -0.139. The second kappa shape index (κ2) is 8.81. The van der Waals surface area contributed by atoms with Crippen LogP contribution in [0.5, 0.6) is 0 Å². The zero-order valence-electron chi connectivity index (χ0n) is 18.0. The number of carbonyl (C=O) groups excluding carboxylic acids is 2. The largest absolute Gasteiger partial charge is 0.348 e. The molecular weight excluding hydrogens is 360 g/mol. The standard InChI is InChI=1S/C25H32N2O2/c1-19(2)16-23(28)27-15-14-25(18-27,24(29)26(3)4)17-21-12-8-9-13-22(21)20-10-6-5-7-11-20/h5-13,19H,14-18H2,1-4H3/t25-/m1/s1. The van der Waals surface area contributed by atoms with E-state index < -0.39 is 5.41 Å².